The Balaban J connectivity index is 1.72. The fraction of sp³-hybridized carbons (Fsp3) is 0.179. The van der Waals surface area contributed by atoms with Gasteiger partial charge in [0.05, 0.1) is 12.8 Å². The molecule has 1 N–H and O–H groups in total. The highest BCUT2D eigenvalue weighted by Gasteiger charge is 2.37. The van der Waals surface area contributed by atoms with Gasteiger partial charge in [0.1, 0.15) is 11.3 Å². The summed E-state index contributed by atoms with van der Waals surface area (Å²) in [6.45, 7) is 5.95. The molecule has 1 aliphatic heterocycles. The van der Waals surface area contributed by atoms with Crippen molar-refractivity contribution in [2.24, 2.45) is 0 Å². The van der Waals surface area contributed by atoms with Crippen molar-refractivity contribution in [1.29, 1.82) is 0 Å². The Morgan fingerprint density at radius 1 is 0.971 bits per heavy atom. The number of urea groups is 1. The van der Waals surface area contributed by atoms with E-state index < -0.39 is 17.8 Å². The first kappa shape index (κ1) is 24.7. The molecule has 4 rings (SSSR count). The topological polar surface area (TPSA) is 75.7 Å². The lowest BCUT2D eigenvalue weighted by molar-refractivity contribution is -0.122. The summed E-state index contributed by atoms with van der Waals surface area (Å²) < 4.78 is 6.63. The van der Waals surface area contributed by atoms with E-state index in [4.69, 9.17) is 4.74 Å². The molecule has 1 fully saturated rings. The highest BCUT2D eigenvalue weighted by molar-refractivity contribution is 14.1. The van der Waals surface area contributed by atoms with Crippen LogP contribution in [0.25, 0.3) is 6.08 Å². The van der Waals surface area contributed by atoms with E-state index in [1.807, 2.05) is 18.2 Å². The third-order valence-corrected chi connectivity index (χ3v) is 6.79. The van der Waals surface area contributed by atoms with Gasteiger partial charge < -0.3 is 4.74 Å². The van der Waals surface area contributed by atoms with E-state index in [0.29, 0.717) is 23.4 Å². The van der Waals surface area contributed by atoms with E-state index in [2.05, 4.69) is 60.0 Å². The lowest BCUT2D eigenvalue weighted by atomic mass is 9.98. The average Bonchev–Trinajstić information content (AvgIpc) is 2.78. The number of amides is 4. The van der Waals surface area contributed by atoms with Crippen molar-refractivity contribution in [3.8, 4) is 5.75 Å². The summed E-state index contributed by atoms with van der Waals surface area (Å²) in [5, 5.41) is 2.28. The molecule has 0 unspecified atom stereocenters. The van der Waals surface area contributed by atoms with Crippen molar-refractivity contribution in [3.63, 3.8) is 0 Å². The van der Waals surface area contributed by atoms with Crippen LogP contribution in [-0.4, -0.2) is 25.0 Å². The van der Waals surface area contributed by atoms with Crippen LogP contribution in [0.3, 0.4) is 0 Å². The molecule has 1 aliphatic rings. The number of ether oxygens (including phenoxy) is 1. The van der Waals surface area contributed by atoms with Gasteiger partial charge in [0.25, 0.3) is 11.8 Å². The number of carbonyl (C=O) groups is 3. The second-order valence-corrected chi connectivity index (χ2v) is 9.76. The van der Waals surface area contributed by atoms with Crippen LogP contribution >= 0.6 is 22.6 Å². The Morgan fingerprint density at radius 2 is 1.66 bits per heavy atom. The molecule has 0 bridgehead atoms. The largest absolute Gasteiger partial charge is 0.496 e. The van der Waals surface area contributed by atoms with Crippen LogP contribution in [0.15, 0.2) is 60.2 Å². The number of barbiturate groups is 1. The minimum absolute atomic E-state index is 0.118. The monoisotopic (exact) mass is 580 g/mol. The van der Waals surface area contributed by atoms with Crippen LogP contribution in [-0.2, 0) is 16.0 Å². The molecule has 4 amide bonds. The molecular weight excluding hydrogens is 555 g/mol. The fourth-order valence-electron chi connectivity index (χ4n) is 4.30. The number of aryl methyl sites for hydroxylation is 3. The quantitative estimate of drug-likeness (QED) is 0.247. The maximum Gasteiger partial charge on any atom is 0.335 e. The molecule has 6 nitrogen and oxygen atoms in total. The number of hydrogen-bond acceptors (Lipinski definition) is 4. The Hall–Kier alpha value is -3.46. The van der Waals surface area contributed by atoms with Gasteiger partial charge in [0, 0.05) is 15.6 Å². The number of anilines is 1. The summed E-state index contributed by atoms with van der Waals surface area (Å²) in [5.74, 6) is -0.724. The molecule has 3 aromatic rings. The van der Waals surface area contributed by atoms with E-state index in [1.165, 1.54) is 22.8 Å². The second kappa shape index (κ2) is 10.0. The first-order valence-corrected chi connectivity index (χ1v) is 12.2. The molecule has 7 heteroatoms. The molecule has 0 atom stereocenters. The molecule has 3 aromatic carbocycles. The SMILES string of the molecule is COc1cc(/C=C2\C(=O)NC(=O)N(c3ccccc3C)C2=O)cc(I)c1Cc1cc(C)cc(C)c1. The predicted molar refractivity (Wildman–Crippen MR) is 145 cm³/mol. The predicted octanol–water partition coefficient (Wildman–Crippen LogP) is 5.48. The minimum atomic E-state index is -0.762. The summed E-state index contributed by atoms with van der Waals surface area (Å²) in [6.07, 6.45) is 2.19. The number of para-hydroxylation sites is 1. The van der Waals surface area contributed by atoms with E-state index in [-0.39, 0.29) is 5.57 Å². The first-order chi connectivity index (χ1) is 16.7. The Kier molecular flexibility index (Phi) is 7.07. The van der Waals surface area contributed by atoms with Gasteiger partial charge in [-0.1, -0.05) is 47.5 Å². The zero-order valence-corrected chi connectivity index (χ0v) is 22.1. The van der Waals surface area contributed by atoms with Gasteiger partial charge in [-0.25, -0.2) is 9.69 Å². The van der Waals surface area contributed by atoms with E-state index in [0.717, 1.165) is 19.6 Å². The normalized spacial score (nSPS) is 14.9. The molecule has 0 spiro atoms. The van der Waals surface area contributed by atoms with Crippen molar-refractivity contribution in [2.75, 3.05) is 12.0 Å². The summed E-state index contributed by atoms with van der Waals surface area (Å²) >= 11 is 2.25. The molecule has 0 saturated carbocycles. The molecule has 35 heavy (non-hydrogen) atoms. The summed E-state index contributed by atoms with van der Waals surface area (Å²) in [5.41, 5.74) is 6.30. The number of rotatable bonds is 5. The second-order valence-electron chi connectivity index (χ2n) is 8.60. The highest BCUT2D eigenvalue weighted by atomic mass is 127. The molecule has 178 valence electrons. The van der Waals surface area contributed by atoms with E-state index in [9.17, 15) is 14.4 Å². The van der Waals surface area contributed by atoms with Crippen molar-refractivity contribution >= 4 is 52.2 Å². The van der Waals surface area contributed by atoms with Gasteiger partial charge in [-0.3, -0.25) is 14.9 Å². The third kappa shape index (κ3) is 5.14. The van der Waals surface area contributed by atoms with Crippen LogP contribution in [0.1, 0.15) is 33.4 Å². The maximum absolute atomic E-state index is 13.3. The molecular formula is C28H25IN2O4. The van der Waals surface area contributed by atoms with Crippen LogP contribution in [0, 0.1) is 24.3 Å². The van der Waals surface area contributed by atoms with Crippen molar-refractivity contribution in [1.82, 2.24) is 5.32 Å². The first-order valence-electron chi connectivity index (χ1n) is 11.1. The van der Waals surface area contributed by atoms with Crippen LogP contribution in [0.5, 0.6) is 5.75 Å². The van der Waals surface area contributed by atoms with Crippen LogP contribution < -0.4 is 15.0 Å². The lowest BCUT2D eigenvalue weighted by Crippen LogP contribution is -2.54. The number of nitrogens with one attached hydrogen (secondary N) is 1. The minimum Gasteiger partial charge on any atom is -0.496 e. The molecule has 0 radical (unpaired) electrons. The van der Waals surface area contributed by atoms with Crippen LogP contribution in [0.2, 0.25) is 0 Å². The zero-order valence-electron chi connectivity index (χ0n) is 19.9. The van der Waals surface area contributed by atoms with Gasteiger partial charge in [-0.2, -0.15) is 0 Å². The number of carbonyl (C=O) groups excluding carboxylic acids is 3. The van der Waals surface area contributed by atoms with E-state index in [1.54, 1.807) is 32.2 Å². The standard InChI is InChI=1S/C28H25IN2O4/c1-16-9-17(2)11-19(10-16)12-21-23(29)14-20(15-25(21)35-4)13-22-26(32)30-28(34)31(27(22)33)24-8-6-5-7-18(24)3/h5-11,13-15H,12H2,1-4H3,(H,30,32,34)/b22-13+. The molecule has 1 saturated heterocycles. The Bertz CT molecular complexity index is 1370. The smallest absolute Gasteiger partial charge is 0.335 e. The van der Waals surface area contributed by atoms with Gasteiger partial charge in [-0.15, -0.1) is 0 Å². The van der Waals surface area contributed by atoms with Crippen molar-refractivity contribution in [3.05, 3.63) is 97.1 Å². The van der Waals surface area contributed by atoms with Gasteiger partial charge in [0.2, 0.25) is 0 Å². The number of imide groups is 2. The summed E-state index contributed by atoms with van der Waals surface area (Å²) in [6, 6.07) is 16.4. The van der Waals surface area contributed by atoms with Crippen LogP contribution in [0.4, 0.5) is 10.5 Å². The van der Waals surface area contributed by atoms with Gasteiger partial charge >= 0.3 is 6.03 Å². The Labute approximate surface area is 218 Å². The fourth-order valence-corrected chi connectivity index (χ4v) is 5.12. The van der Waals surface area contributed by atoms with Gasteiger partial charge in [0.15, 0.2) is 0 Å². The number of halogens is 1. The summed E-state index contributed by atoms with van der Waals surface area (Å²) in [4.78, 5) is 39.4. The van der Waals surface area contributed by atoms with Gasteiger partial charge in [-0.05, 0) is 84.3 Å². The molecule has 0 aliphatic carbocycles. The van der Waals surface area contributed by atoms with Crippen molar-refractivity contribution in [2.45, 2.75) is 27.2 Å². The maximum atomic E-state index is 13.3. The molecule has 1 heterocycles. The zero-order chi connectivity index (χ0) is 25.3. The number of methoxy groups -OCH3 is 1. The number of hydrogen-bond donors (Lipinski definition) is 1. The lowest BCUT2D eigenvalue weighted by Gasteiger charge is -2.27. The average molecular weight is 580 g/mol. The third-order valence-electron chi connectivity index (χ3n) is 5.83. The summed E-state index contributed by atoms with van der Waals surface area (Å²) in [7, 11) is 1.60. The van der Waals surface area contributed by atoms with E-state index >= 15 is 0 Å². The molecule has 0 aromatic heterocycles. The van der Waals surface area contributed by atoms with Crippen molar-refractivity contribution < 1.29 is 19.1 Å². The number of nitrogens with zero attached hydrogens (tertiary/aromatic N) is 1. The highest BCUT2D eigenvalue weighted by Crippen LogP contribution is 2.31. The Morgan fingerprint density at radius 3 is 2.31 bits per heavy atom. The number of benzene rings is 3.